The molecule has 4 aromatic rings. The topological polar surface area (TPSA) is 50.5 Å². The number of hydrogen-bond donors (Lipinski definition) is 1. The van der Waals surface area contributed by atoms with Crippen molar-refractivity contribution in [2.75, 3.05) is 0 Å². The molecule has 0 saturated heterocycles. The Hall–Kier alpha value is -3.27. The highest BCUT2D eigenvalue weighted by Gasteiger charge is 2.29. The van der Waals surface area contributed by atoms with Gasteiger partial charge >= 0.3 is 0 Å². The zero-order valence-corrected chi connectivity index (χ0v) is 15.3. The Kier molecular flexibility index (Phi) is 3.64. The maximum atomic E-state index is 5.68. The van der Waals surface area contributed by atoms with Crippen LogP contribution in [0.3, 0.4) is 0 Å². The van der Waals surface area contributed by atoms with Crippen LogP contribution in [0.5, 0.6) is 0 Å². The van der Waals surface area contributed by atoms with E-state index in [9.17, 15) is 0 Å². The van der Waals surface area contributed by atoms with Gasteiger partial charge in [0, 0.05) is 22.9 Å². The zero-order valence-electron chi connectivity index (χ0n) is 15.3. The number of nitrogens with zero attached hydrogens (tertiary/aromatic N) is 1. The highest BCUT2D eigenvalue weighted by Crippen LogP contribution is 2.38. The summed E-state index contributed by atoms with van der Waals surface area (Å²) in [6, 6.07) is 18.6. The Morgan fingerprint density at radius 1 is 1.00 bits per heavy atom. The molecule has 3 heterocycles. The number of aromatic nitrogens is 1. The van der Waals surface area contributed by atoms with E-state index in [4.69, 9.17) is 9.25 Å². The Labute approximate surface area is 157 Å². The van der Waals surface area contributed by atoms with Gasteiger partial charge in [-0.15, -0.1) is 0 Å². The van der Waals surface area contributed by atoms with Crippen LogP contribution < -0.4 is 0 Å². The highest BCUT2D eigenvalue weighted by atomic mass is 16.6. The zero-order chi connectivity index (χ0) is 18.4. The molecular formula is C23H20N2O2. The summed E-state index contributed by atoms with van der Waals surface area (Å²) in [7, 11) is 0. The maximum absolute atomic E-state index is 5.68. The second-order valence-corrected chi connectivity index (χ2v) is 7.02. The fourth-order valence-corrected chi connectivity index (χ4v) is 3.78. The highest BCUT2D eigenvalue weighted by molar-refractivity contribution is 6.13. The summed E-state index contributed by atoms with van der Waals surface area (Å²) >= 11 is 0. The molecule has 0 aliphatic carbocycles. The molecule has 0 bridgehead atoms. The molecule has 1 N–H and O–H groups in total. The number of fused-ring (bicyclic) bond motifs is 1. The van der Waals surface area contributed by atoms with E-state index in [0.717, 1.165) is 22.7 Å². The van der Waals surface area contributed by atoms with Crippen molar-refractivity contribution in [1.29, 1.82) is 0 Å². The lowest BCUT2D eigenvalue weighted by Crippen LogP contribution is -2.02. The third kappa shape index (κ3) is 2.56. The van der Waals surface area contributed by atoms with Crippen molar-refractivity contribution in [3.63, 3.8) is 0 Å². The normalized spacial score (nSPS) is 16.5. The van der Waals surface area contributed by atoms with Crippen molar-refractivity contribution < 1.29 is 9.25 Å². The van der Waals surface area contributed by atoms with Gasteiger partial charge in [0.25, 0.3) is 0 Å². The van der Waals surface area contributed by atoms with E-state index in [0.29, 0.717) is 6.42 Å². The molecule has 0 spiro atoms. The van der Waals surface area contributed by atoms with E-state index in [1.54, 1.807) is 6.26 Å². The second kappa shape index (κ2) is 6.16. The molecule has 0 saturated carbocycles. The molecule has 1 unspecified atom stereocenters. The number of nitrogens with one attached hydrogen (secondary N) is 1. The number of hydrogen-bond acceptors (Lipinski definition) is 3. The quantitative estimate of drug-likeness (QED) is 0.496. The van der Waals surface area contributed by atoms with Gasteiger partial charge < -0.3 is 14.2 Å². The molecule has 2 aromatic carbocycles. The van der Waals surface area contributed by atoms with Crippen molar-refractivity contribution >= 4 is 16.6 Å². The van der Waals surface area contributed by atoms with Gasteiger partial charge in [-0.3, -0.25) is 0 Å². The van der Waals surface area contributed by atoms with E-state index in [1.165, 1.54) is 27.6 Å². The van der Waals surface area contributed by atoms with Crippen molar-refractivity contribution in [3.8, 4) is 11.1 Å². The molecular weight excluding hydrogens is 336 g/mol. The minimum Gasteiger partial charge on any atom is -0.465 e. The Morgan fingerprint density at radius 3 is 2.63 bits per heavy atom. The van der Waals surface area contributed by atoms with E-state index in [-0.39, 0.29) is 6.10 Å². The molecule has 4 heteroatoms. The lowest BCUT2D eigenvalue weighted by Gasteiger charge is -2.06. The first kappa shape index (κ1) is 15.9. The Bertz CT molecular complexity index is 1140. The number of aryl methyl sites for hydroxylation is 2. The average Bonchev–Trinajstić information content (AvgIpc) is 3.44. The molecule has 0 radical (unpaired) electrons. The Morgan fingerprint density at radius 2 is 1.85 bits per heavy atom. The second-order valence-electron chi connectivity index (χ2n) is 7.02. The number of rotatable bonds is 3. The molecule has 1 atom stereocenters. The molecule has 0 amide bonds. The van der Waals surface area contributed by atoms with Crippen molar-refractivity contribution in [3.05, 3.63) is 83.4 Å². The third-order valence-electron chi connectivity index (χ3n) is 5.39. The molecule has 4 nitrogen and oxygen atoms in total. The predicted molar refractivity (Wildman–Crippen MR) is 107 cm³/mol. The summed E-state index contributed by atoms with van der Waals surface area (Å²) in [5, 5.41) is 5.61. The van der Waals surface area contributed by atoms with Crippen molar-refractivity contribution in [2.45, 2.75) is 26.4 Å². The number of oxime groups is 1. The molecule has 1 aliphatic rings. The number of benzene rings is 2. The van der Waals surface area contributed by atoms with Crippen LogP contribution in [0.25, 0.3) is 22.0 Å². The van der Waals surface area contributed by atoms with Crippen molar-refractivity contribution in [2.24, 2.45) is 5.16 Å². The smallest absolute Gasteiger partial charge is 0.190 e. The summed E-state index contributed by atoms with van der Waals surface area (Å²) in [5.41, 5.74) is 7.99. The average molecular weight is 356 g/mol. The summed E-state index contributed by atoms with van der Waals surface area (Å²) in [4.78, 5) is 9.32. The molecule has 134 valence electrons. The van der Waals surface area contributed by atoms with E-state index >= 15 is 0 Å². The van der Waals surface area contributed by atoms with Crippen LogP contribution in [-0.4, -0.2) is 10.7 Å². The Balaban J connectivity index is 1.67. The van der Waals surface area contributed by atoms with Gasteiger partial charge in [0.1, 0.15) is 11.5 Å². The number of aromatic amines is 1. The van der Waals surface area contributed by atoms with Gasteiger partial charge in [-0.05, 0) is 42.7 Å². The molecule has 5 rings (SSSR count). The van der Waals surface area contributed by atoms with Crippen LogP contribution >= 0.6 is 0 Å². The van der Waals surface area contributed by atoms with Gasteiger partial charge in [-0.1, -0.05) is 47.6 Å². The lowest BCUT2D eigenvalue weighted by molar-refractivity contribution is 0.0689. The maximum Gasteiger partial charge on any atom is 0.190 e. The summed E-state index contributed by atoms with van der Waals surface area (Å²) in [5.74, 6) is 0.804. The van der Waals surface area contributed by atoms with E-state index in [2.05, 4.69) is 60.4 Å². The van der Waals surface area contributed by atoms with Crippen LogP contribution in [0.1, 0.15) is 35.1 Å². The fraction of sp³-hybridized carbons (Fsp3) is 0.174. The SMILES string of the molecule is Cc1ccc2c(-c3ccccc3)c(C3=NOC(c4ccco4)C3)[nH]c2c1C. The van der Waals surface area contributed by atoms with Crippen LogP contribution in [0.2, 0.25) is 0 Å². The van der Waals surface area contributed by atoms with Crippen LogP contribution in [0.15, 0.2) is 70.4 Å². The van der Waals surface area contributed by atoms with Crippen LogP contribution in [0.4, 0.5) is 0 Å². The molecule has 2 aromatic heterocycles. The predicted octanol–water partition coefficient (Wildman–Crippen LogP) is 5.91. The van der Waals surface area contributed by atoms with Crippen molar-refractivity contribution in [1.82, 2.24) is 4.98 Å². The lowest BCUT2D eigenvalue weighted by atomic mass is 9.96. The van der Waals surface area contributed by atoms with Gasteiger partial charge in [0.05, 0.1) is 12.0 Å². The van der Waals surface area contributed by atoms with Crippen LogP contribution in [0, 0.1) is 13.8 Å². The summed E-state index contributed by atoms with van der Waals surface area (Å²) in [6.45, 7) is 4.30. The molecule has 27 heavy (non-hydrogen) atoms. The van der Waals surface area contributed by atoms with Gasteiger partial charge in [0.15, 0.2) is 6.10 Å². The minimum absolute atomic E-state index is 0.173. The first-order valence-corrected chi connectivity index (χ1v) is 9.16. The van der Waals surface area contributed by atoms with E-state index in [1.807, 2.05) is 18.2 Å². The summed E-state index contributed by atoms with van der Waals surface area (Å²) in [6.07, 6.45) is 2.17. The summed E-state index contributed by atoms with van der Waals surface area (Å²) < 4.78 is 5.50. The van der Waals surface area contributed by atoms with E-state index < -0.39 is 0 Å². The van der Waals surface area contributed by atoms with Gasteiger partial charge in [-0.25, -0.2) is 0 Å². The third-order valence-corrected chi connectivity index (χ3v) is 5.39. The largest absolute Gasteiger partial charge is 0.465 e. The molecule has 0 fully saturated rings. The first-order valence-electron chi connectivity index (χ1n) is 9.16. The fourth-order valence-electron chi connectivity index (χ4n) is 3.78. The monoisotopic (exact) mass is 356 g/mol. The molecule has 1 aliphatic heterocycles. The standard InChI is InChI=1S/C23H20N2O2/c1-14-10-11-17-21(16-7-4-3-5-8-16)23(24-22(17)15(14)2)18-13-20(27-25-18)19-9-6-12-26-19/h3-12,20,24H,13H2,1-2H3. The minimum atomic E-state index is -0.173. The number of furan rings is 1. The number of H-pyrrole nitrogens is 1. The first-order chi connectivity index (χ1) is 13.2. The van der Waals surface area contributed by atoms with Gasteiger partial charge in [0.2, 0.25) is 0 Å². The van der Waals surface area contributed by atoms with Crippen LogP contribution in [-0.2, 0) is 4.84 Å². The van der Waals surface area contributed by atoms with Gasteiger partial charge in [-0.2, -0.15) is 0 Å².